The summed E-state index contributed by atoms with van der Waals surface area (Å²) < 4.78 is 0. The number of likely N-dealkylation sites (N-methyl/N-ethyl adjacent to an activating group) is 2. The standard InChI is InChI=1S/C8H19N3O2/c1-10(4-3-9-13)5-6-11(2)7-8-12/h12H,3-8H2,1-2H3. The summed E-state index contributed by atoms with van der Waals surface area (Å²) >= 11 is 0. The van der Waals surface area contributed by atoms with Crippen LogP contribution < -0.4 is 0 Å². The van der Waals surface area contributed by atoms with Gasteiger partial charge in [-0.25, -0.2) is 0 Å². The molecule has 0 bridgehead atoms. The SMILES string of the molecule is CN(CCO)CCN(C)CCN=O. The fourth-order valence-corrected chi connectivity index (χ4v) is 0.947. The highest BCUT2D eigenvalue weighted by Gasteiger charge is 2.00. The van der Waals surface area contributed by atoms with Crippen LogP contribution in [0.1, 0.15) is 0 Å². The Morgan fingerprint density at radius 1 is 1.08 bits per heavy atom. The van der Waals surface area contributed by atoms with Crippen LogP contribution in [-0.4, -0.2) is 68.3 Å². The molecule has 0 heterocycles. The molecule has 0 unspecified atom stereocenters. The van der Waals surface area contributed by atoms with E-state index < -0.39 is 0 Å². The molecule has 13 heavy (non-hydrogen) atoms. The summed E-state index contributed by atoms with van der Waals surface area (Å²) in [6.45, 7) is 3.73. The number of hydrogen-bond acceptors (Lipinski definition) is 5. The molecule has 0 fully saturated rings. The Hall–Kier alpha value is -0.520. The van der Waals surface area contributed by atoms with Crippen LogP contribution in [0.15, 0.2) is 5.18 Å². The van der Waals surface area contributed by atoms with E-state index in [2.05, 4.69) is 10.1 Å². The summed E-state index contributed by atoms with van der Waals surface area (Å²) in [6, 6.07) is 0. The zero-order valence-electron chi connectivity index (χ0n) is 8.44. The fourth-order valence-electron chi connectivity index (χ4n) is 0.947. The first-order valence-corrected chi connectivity index (χ1v) is 4.47. The Bertz CT molecular complexity index is 133. The van der Waals surface area contributed by atoms with Crippen molar-refractivity contribution < 1.29 is 5.11 Å². The van der Waals surface area contributed by atoms with Crippen LogP contribution in [0, 0.1) is 4.91 Å². The lowest BCUT2D eigenvalue weighted by atomic mass is 10.4. The number of hydrogen-bond donors (Lipinski definition) is 1. The van der Waals surface area contributed by atoms with Crippen LogP contribution in [0.5, 0.6) is 0 Å². The van der Waals surface area contributed by atoms with Gasteiger partial charge in [0, 0.05) is 26.2 Å². The first-order valence-electron chi connectivity index (χ1n) is 4.47. The largest absolute Gasteiger partial charge is 0.395 e. The smallest absolute Gasteiger partial charge is 0.0938 e. The molecule has 0 aliphatic heterocycles. The first-order chi connectivity index (χ1) is 6.20. The van der Waals surface area contributed by atoms with Gasteiger partial charge in [0.05, 0.1) is 13.2 Å². The molecule has 78 valence electrons. The van der Waals surface area contributed by atoms with E-state index in [1.165, 1.54) is 0 Å². The lowest BCUT2D eigenvalue weighted by Gasteiger charge is -2.20. The van der Waals surface area contributed by atoms with E-state index in [1.807, 2.05) is 19.0 Å². The molecule has 0 aliphatic carbocycles. The number of nitroso groups, excluding NO2 is 1. The second kappa shape index (κ2) is 8.10. The minimum absolute atomic E-state index is 0.191. The van der Waals surface area contributed by atoms with Gasteiger partial charge in [0.2, 0.25) is 0 Å². The summed E-state index contributed by atoms with van der Waals surface area (Å²) in [5.74, 6) is 0. The number of rotatable bonds is 8. The maximum absolute atomic E-state index is 9.83. The molecule has 1 N–H and O–H groups in total. The van der Waals surface area contributed by atoms with Crippen molar-refractivity contribution in [3.8, 4) is 0 Å². The van der Waals surface area contributed by atoms with Gasteiger partial charge in [-0.1, -0.05) is 5.18 Å². The lowest BCUT2D eigenvalue weighted by Crippen LogP contribution is -2.33. The Labute approximate surface area is 79.3 Å². The van der Waals surface area contributed by atoms with Crippen LogP contribution >= 0.6 is 0 Å². The molecule has 0 radical (unpaired) electrons. The molecule has 0 rings (SSSR count). The van der Waals surface area contributed by atoms with Crippen molar-refractivity contribution in [2.75, 3.05) is 53.4 Å². The van der Waals surface area contributed by atoms with Gasteiger partial charge < -0.3 is 14.9 Å². The molecule has 0 aliphatic rings. The lowest BCUT2D eigenvalue weighted by molar-refractivity contribution is 0.203. The van der Waals surface area contributed by atoms with Gasteiger partial charge in [0.15, 0.2) is 0 Å². The van der Waals surface area contributed by atoms with Gasteiger partial charge >= 0.3 is 0 Å². The molecular weight excluding hydrogens is 170 g/mol. The van der Waals surface area contributed by atoms with E-state index in [0.29, 0.717) is 19.6 Å². The van der Waals surface area contributed by atoms with E-state index in [1.54, 1.807) is 0 Å². The molecule has 0 saturated carbocycles. The predicted molar refractivity (Wildman–Crippen MR) is 52.7 cm³/mol. The molecule has 0 aromatic heterocycles. The summed E-state index contributed by atoms with van der Waals surface area (Å²) in [5.41, 5.74) is 0. The average Bonchev–Trinajstić information content (AvgIpc) is 2.12. The van der Waals surface area contributed by atoms with Gasteiger partial charge in [-0.3, -0.25) is 0 Å². The van der Waals surface area contributed by atoms with Gasteiger partial charge in [0.25, 0.3) is 0 Å². The summed E-state index contributed by atoms with van der Waals surface area (Å²) in [7, 11) is 3.92. The van der Waals surface area contributed by atoms with Crippen molar-refractivity contribution in [2.45, 2.75) is 0 Å². The van der Waals surface area contributed by atoms with E-state index in [9.17, 15) is 4.91 Å². The average molecular weight is 189 g/mol. The molecule has 0 amide bonds. The maximum atomic E-state index is 9.83. The van der Waals surface area contributed by atoms with Crippen molar-refractivity contribution in [1.29, 1.82) is 0 Å². The third-order valence-corrected chi connectivity index (χ3v) is 1.92. The molecular formula is C8H19N3O2. The Morgan fingerprint density at radius 3 is 2.08 bits per heavy atom. The third-order valence-electron chi connectivity index (χ3n) is 1.92. The molecule has 0 atom stereocenters. The van der Waals surface area contributed by atoms with Crippen LogP contribution in [0.25, 0.3) is 0 Å². The second-order valence-corrected chi connectivity index (χ2v) is 3.18. The highest BCUT2D eigenvalue weighted by Crippen LogP contribution is 1.86. The van der Waals surface area contributed by atoms with E-state index in [-0.39, 0.29) is 6.61 Å². The zero-order valence-corrected chi connectivity index (χ0v) is 8.44. The molecule has 5 nitrogen and oxygen atoms in total. The van der Waals surface area contributed by atoms with Crippen molar-refractivity contribution in [3.05, 3.63) is 4.91 Å². The number of aliphatic hydroxyl groups excluding tert-OH is 1. The molecule has 0 spiro atoms. The highest BCUT2D eigenvalue weighted by atomic mass is 16.3. The zero-order chi connectivity index (χ0) is 10.1. The topological polar surface area (TPSA) is 56.1 Å². The minimum Gasteiger partial charge on any atom is -0.395 e. The third kappa shape index (κ3) is 7.83. The summed E-state index contributed by atoms with van der Waals surface area (Å²) in [5, 5.41) is 11.4. The van der Waals surface area contributed by atoms with E-state index >= 15 is 0 Å². The van der Waals surface area contributed by atoms with Gasteiger partial charge in [0.1, 0.15) is 0 Å². The monoisotopic (exact) mass is 189 g/mol. The summed E-state index contributed by atoms with van der Waals surface area (Å²) in [4.78, 5) is 13.9. The Morgan fingerprint density at radius 2 is 1.62 bits per heavy atom. The Balaban J connectivity index is 3.33. The van der Waals surface area contributed by atoms with Gasteiger partial charge in [-0.15, -0.1) is 0 Å². The molecule has 5 heteroatoms. The second-order valence-electron chi connectivity index (χ2n) is 3.18. The van der Waals surface area contributed by atoms with Crippen LogP contribution in [0.3, 0.4) is 0 Å². The fraction of sp³-hybridized carbons (Fsp3) is 1.00. The first kappa shape index (κ1) is 12.5. The van der Waals surface area contributed by atoms with Crippen molar-refractivity contribution in [3.63, 3.8) is 0 Å². The van der Waals surface area contributed by atoms with Crippen LogP contribution in [-0.2, 0) is 0 Å². The van der Waals surface area contributed by atoms with E-state index in [0.717, 1.165) is 13.1 Å². The molecule has 0 aromatic carbocycles. The quantitative estimate of drug-likeness (QED) is 0.528. The Kier molecular flexibility index (Phi) is 7.77. The van der Waals surface area contributed by atoms with Gasteiger partial charge in [-0.05, 0) is 14.1 Å². The van der Waals surface area contributed by atoms with Crippen LogP contribution in [0.2, 0.25) is 0 Å². The normalized spacial score (nSPS) is 11.2. The number of aliphatic hydroxyl groups is 1. The van der Waals surface area contributed by atoms with Gasteiger partial charge in [-0.2, -0.15) is 4.91 Å². The van der Waals surface area contributed by atoms with Crippen molar-refractivity contribution in [1.82, 2.24) is 9.80 Å². The molecule has 0 aromatic rings. The highest BCUT2D eigenvalue weighted by molar-refractivity contribution is 4.57. The van der Waals surface area contributed by atoms with Crippen molar-refractivity contribution >= 4 is 0 Å². The summed E-state index contributed by atoms with van der Waals surface area (Å²) in [6.07, 6.45) is 0. The van der Waals surface area contributed by atoms with Crippen molar-refractivity contribution in [2.24, 2.45) is 5.18 Å². The van der Waals surface area contributed by atoms with Crippen LogP contribution in [0.4, 0.5) is 0 Å². The molecule has 0 saturated heterocycles. The minimum atomic E-state index is 0.191. The van der Waals surface area contributed by atoms with E-state index in [4.69, 9.17) is 5.11 Å². The maximum Gasteiger partial charge on any atom is 0.0938 e. The predicted octanol–water partition coefficient (Wildman–Crippen LogP) is -0.391. The number of nitrogens with zero attached hydrogens (tertiary/aromatic N) is 3.